The zero-order valence-electron chi connectivity index (χ0n) is 20.3. The van der Waals surface area contributed by atoms with Crippen LogP contribution in [0.5, 0.6) is 5.75 Å². The van der Waals surface area contributed by atoms with Crippen LogP contribution in [-0.2, 0) is 9.59 Å². The third-order valence-electron chi connectivity index (χ3n) is 6.53. The minimum atomic E-state index is 0.0476. The van der Waals surface area contributed by atoms with Crippen molar-refractivity contribution in [1.29, 1.82) is 0 Å². The molecular formula is C26H35N5O3. The van der Waals surface area contributed by atoms with E-state index in [0.717, 1.165) is 61.5 Å². The predicted molar refractivity (Wildman–Crippen MR) is 132 cm³/mol. The van der Waals surface area contributed by atoms with E-state index in [0.29, 0.717) is 26.2 Å². The van der Waals surface area contributed by atoms with E-state index in [1.54, 1.807) is 12.0 Å². The van der Waals surface area contributed by atoms with Gasteiger partial charge in [-0.1, -0.05) is 25.5 Å². The van der Waals surface area contributed by atoms with E-state index in [-0.39, 0.29) is 24.3 Å². The Morgan fingerprint density at radius 2 is 1.94 bits per heavy atom. The second-order valence-electron chi connectivity index (χ2n) is 9.12. The SMILES string of the molecule is CCCCN(CC(=O)N1CCCN(c2ccc(-c3cccc(OC)c3)nn2)CC1)C(=O)C1CC1. The van der Waals surface area contributed by atoms with Crippen LogP contribution in [0.2, 0.25) is 0 Å². The number of unbranched alkanes of at least 4 members (excludes halogenated alkanes) is 1. The summed E-state index contributed by atoms with van der Waals surface area (Å²) in [5.41, 5.74) is 1.75. The quantitative estimate of drug-likeness (QED) is 0.566. The average Bonchev–Trinajstić information content (AvgIpc) is 3.73. The first-order valence-corrected chi connectivity index (χ1v) is 12.4. The van der Waals surface area contributed by atoms with Crippen LogP contribution in [-0.4, -0.2) is 78.2 Å². The summed E-state index contributed by atoms with van der Waals surface area (Å²) in [7, 11) is 1.65. The Labute approximate surface area is 201 Å². The minimum Gasteiger partial charge on any atom is -0.497 e. The van der Waals surface area contributed by atoms with Crippen molar-refractivity contribution in [2.24, 2.45) is 5.92 Å². The molecule has 0 spiro atoms. The number of hydrogen-bond acceptors (Lipinski definition) is 6. The van der Waals surface area contributed by atoms with E-state index in [4.69, 9.17) is 4.74 Å². The molecule has 34 heavy (non-hydrogen) atoms. The molecule has 1 saturated carbocycles. The molecule has 1 aromatic carbocycles. The van der Waals surface area contributed by atoms with E-state index in [9.17, 15) is 9.59 Å². The molecule has 182 valence electrons. The molecule has 8 heteroatoms. The number of carbonyl (C=O) groups excluding carboxylic acids is 2. The van der Waals surface area contributed by atoms with Gasteiger partial charge in [-0.05, 0) is 49.9 Å². The lowest BCUT2D eigenvalue weighted by atomic mass is 10.1. The second-order valence-corrected chi connectivity index (χ2v) is 9.12. The summed E-state index contributed by atoms with van der Waals surface area (Å²) in [5.74, 6) is 1.95. The van der Waals surface area contributed by atoms with E-state index < -0.39 is 0 Å². The first-order chi connectivity index (χ1) is 16.6. The largest absolute Gasteiger partial charge is 0.497 e. The Hall–Kier alpha value is -3.16. The fourth-order valence-electron chi connectivity index (χ4n) is 4.29. The van der Waals surface area contributed by atoms with Crippen LogP contribution in [0.15, 0.2) is 36.4 Å². The Kier molecular flexibility index (Phi) is 7.98. The lowest BCUT2D eigenvalue weighted by Gasteiger charge is -2.27. The van der Waals surface area contributed by atoms with Gasteiger partial charge in [0.15, 0.2) is 5.82 Å². The highest BCUT2D eigenvalue weighted by atomic mass is 16.5. The van der Waals surface area contributed by atoms with Gasteiger partial charge in [0.25, 0.3) is 0 Å². The van der Waals surface area contributed by atoms with Crippen molar-refractivity contribution in [1.82, 2.24) is 20.0 Å². The van der Waals surface area contributed by atoms with Crippen LogP contribution >= 0.6 is 0 Å². The molecule has 1 aliphatic heterocycles. The molecule has 2 heterocycles. The third-order valence-corrected chi connectivity index (χ3v) is 6.53. The highest BCUT2D eigenvalue weighted by molar-refractivity contribution is 5.87. The number of nitrogens with zero attached hydrogens (tertiary/aromatic N) is 5. The normalized spacial score (nSPS) is 16.2. The third kappa shape index (κ3) is 6.04. The maximum Gasteiger partial charge on any atom is 0.242 e. The molecule has 2 amide bonds. The van der Waals surface area contributed by atoms with Gasteiger partial charge in [-0.3, -0.25) is 9.59 Å². The lowest BCUT2D eigenvalue weighted by molar-refractivity contribution is -0.141. The minimum absolute atomic E-state index is 0.0476. The molecule has 0 N–H and O–H groups in total. The zero-order chi connectivity index (χ0) is 23.9. The number of methoxy groups -OCH3 is 1. The molecule has 0 bridgehead atoms. The summed E-state index contributed by atoms with van der Waals surface area (Å²) in [5, 5.41) is 8.88. The van der Waals surface area contributed by atoms with Crippen molar-refractivity contribution in [3.8, 4) is 17.0 Å². The van der Waals surface area contributed by atoms with Crippen LogP contribution in [0.1, 0.15) is 39.0 Å². The van der Waals surface area contributed by atoms with Crippen LogP contribution < -0.4 is 9.64 Å². The topological polar surface area (TPSA) is 78.9 Å². The highest BCUT2D eigenvalue weighted by Gasteiger charge is 2.34. The van der Waals surface area contributed by atoms with Crippen LogP contribution in [0.4, 0.5) is 5.82 Å². The van der Waals surface area contributed by atoms with Crippen molar-refractivity contribution in [2.75, 3.05) is 51.3 Å². The number of aromatic nitrogens is 2. The Morgan fingerprint density at radius 1 is 1.09 bits per heavy atom. The van der Waals surface area contributed by atoms with Crippen molar-refractivity contribution in [2.45, 2.75) is 39.0 Å². The van der Waals surface area contributed by atoms with Crippen molar-refractivity contribution < 1.29 is 14.3 Å². The summed E-state index contributed by atoms with van der Waals surface area (Å²) in [6.45, 7) is 5.82. The van der Waals surface area contributed by atoms with Gasteiger partial charge in [0.1, 0.15) is 5.75 Å². The monoisotopic (exact) mass is 465 g/mol. The molecule has 0 atom stereocenters. The average molecular weight is 466 g/mol. The van der Waals surface area contributed by atoms with Gasteiger partial charge in [-0.2, -0.15) is 0 Å². The fourth-order valence-corrected chi connectivity index (χ4v) is 4.29. The van der Waals surface area contributed by atoms with Gasteiger partial charge in [0.2, 0.25) is 11.8 Å². The number of rotatable bonds is 9. The van der Waals surface area contributed by atoms with Gasteiger partial charge in [0.05, 0.1) is 19.3 Å². The number of amides is 2. The molecule has 1 aromatic heterocycles. The van der Waals surface area contributed by atoms with Crippen molar-refractivity contribution >= 4 is 17.6 Å². The standard InChI is InChI=1S/C26H35N5O3/c1-3-4-13-31(26(33)20-9-10-20)19-25(32)30-15-6-14-29(16-17-30)24-12-11-23(27-28-24)21-7-5-8-22(18-21)34-2/h5,7-8,11-12,18,20H,3-4,6,9-10,13-17,19H2,1-2H3. The fraction of sp³-hybridized carbons (Fsp3) is 0.538. The smallest absolute Gasteiger partial charge is 0.242 e. The van der Waals surface area contributed by atoms with Crippen molar-refractivity contribution in [3.05, 3.63) is 36.4 Å². The van der Waals surface area contributed by atoms with Crippen LogP contribution in [0.3, 0.4) is 0 Å². The Bertz CT molecular complexity index is 977. The summed E-state index contributed by atoms with van der Waals surface area (Å²) in [6.07, 6.45) is 4.73. The number of benzene rings is 1. The summed E-state index contributed by atoms with van der Waals surface area (Å²) >= 11 is 0. The van der Waals surface area contributed by atoms with E-state index >= 15 is 0 Å². The maximum absolute atomic E-state index is 13.0. The van der Waals surface area contributed by atoms with Crippen molar-refractivity contribution in [3.63, 3.8) is 0 Å². The molecule has 2 aliphatic rings. The summed E-state index contributed by atoms with van der Waals surface area (Å²) in [6, 6.07) is 11.7. The number of hydrogen-bond donors (Lipinski definition) is 0. The van der Waals surface area contributed by atoms with Gasteiger partial charge in [-0.15, -0.1) is 10.2 Å². The molecule has 1 aliphatic carbocycles. The van der Waals surface area contributed by atoms with Gasteiger partial charge < -0.3 is 19.4 Å². The van der Waals surface area contributed by atoms with Gasteiger partial charge in [0, 0.05) is 44.2 Å². The molecule has 0 radical (unpaired) electrons. The molecule has 2 fully saturated rings. The zero-order valence-corrected chi connectivity index (χ0v) is 20.3. The van der Waals surface area contributed by atoms with Gasteiger partial charge >= 0.3 is 0 Å². The molecule has 1 saturated heterocycles. The molecule has 2 aromatic rings. The molecule has 0 unspecified atom stereocenters. The first kappa shape index (κ1) is 24.0. The van der Waals surface area contributed by atoms with Crippen LogP contribution in [0.25, 0.3) is 11.3 Å². The molecule has 8 nitrogen and oxygen atoms in total. The summed E-state index contributed by atoms with van der Waals surface area (Å²) in [4.78, 5) is 31.5. The Balaban J connectivity index is 1.34. The first-order valence-electron chi connectivity index (χ1n) is 12.4. The number of anilines is 1. The highest BCUT2D eigenvalue weighted by Crippen LogP contribution is 2.31. The molecular weight excluding hydrogens is 430 g/mol. The van der Waals surface area contributed by atoms with Crippen LogP contribution in [0, 0.1) is 5.92 Å². The maximum atomic E-state index is 13.0. The predicted octanol–water partition coefficient (Wildman–Crippen LogP) is 3.23. The molecule has 4 rings (SSSR count). The summed E-state index contributed by atoms with van der Waals surface area (Å²) < 4.78 is 5.30. The lowest BCUT2D eigenvalue weighted by Crippen LogP contribution is -2.45. The number of carbonyl (C=O) groups is 2. The van der Waals surface area contributed by atoms with E-state index in [2.05, 4.69) is 22.0 Å². The van der Waals surface area contributed by atoms with E-state index in [1.165, 1.54) is 0 Å². The van der Waals surface area contributed by atoms with E-state index in [1.807, 2.05) is 41.3 Å². The second kappa shape index (κ2) is 11.3. The Morgan fingerprint density at radius 3 is 2.65 bits per heavy atom. The van der Waals surface area contributed by atoms with Gasteiger partial charge in [-0.25, -0.2) is 0 Å². The number of ether oxygens (including phenoxy) is 1.